The fraction of sp³-hybridized carbons (Fsp3) is 0.600. The summed E-state index contributed by atoms with van der Waals surface area (Å²) in [6.07, 6.45) is -0.386. The Morgan fingerprint density at radius 2 is 1.89 bits per heavy atom. The second-order valence-electron chi connectivity index (χ2n) is 5.46. The number of nitrogens with two attached hydrogens (primary N) is 1. The summed E-state index contributed by atoms with van der Waals surface area (Å²) in [6.45, 7) is 8.37. The van der Waals surface area contributed by atoms with Gasteiger partial charge in [-0.3, -0.25) is 9.80 Å². The molecular formula is C15H25N3O. The minimum atomic E-state index is -0.386. The summed E-state index contributed by atoms with van der Waals surface area (Å²) in [4.78, 5) is 4.77. The normalized spacial score (nSPS) is 19.5. The van der Waals surface area contributed by atoms with Crippen molar-refractivity contribution in [3.05, 3.63) is 35.4 Å². The van der Waals surface area contributed by atoms with Crippen molar-refractivity contribution in [1.82, 2.24) is 9.80 Å². The van der Waals surface area contributed by atoms with Crippen molar-refractivity contribution in [2.24, 2.45) is 5.73 Å². The molecule has 0 aromatic heterocycles. The fourth-order valence-electron chi connectivity index (χ4n) is 2.57. The van der Waals surface area contributed by atoms with Crippen LogP contribution >= 0.6 is 0 Å². The van der Waals surface area contributed by atoms with E-state index in [9.17, 15) is 5.11 Å². The van der Waals surface area contributed by atoms with Crippen LogP contribution in [0, 0.1) is 6.92 Å². The highest BCUT2D eigenvalue weighted by Gasteiger charge is 2.18. The number of aryl methyl sites for hydroxylation is 1. The van der Waals surface area contributed by atoms with Gasteiger partial charge in [-0.1, -0.05) is 29.8 Å². The Hall–Kier alpha value is -0.940. The Balaban J connectivity index is 1.77. The number of rotatable bonds is 5. The average Bonchev–Trinajstić information content (AvgIpc) is 2.41. The van der Waals surface area contributed by atoms with Crippen molar-refractivity contribution >= 4 is 0 Å². The highest BCUT2D eigenvalue weighted by molar-refractivity contribution is 5.22. The molecule has 0 bridgehead atoms. The first-order valence-corrected chi connectivity index (χ1v) is 7.06. The number of hydrogen-bond acceptors (Lipinski definition) is 4. The zero-order chi connectivity index (χ0) is 13.7. The van der Waals surface area contributed by atoms with Gasteiger partial charge in [0.15, 0.2) is 0 Å². The molecule has 1 aliphatic rings. The highest BCUT2D eigenvalue weighted by atomic mass is 16.3. The summed E-state index contributed by atoms with van der Waals surface area (Å²) in [6, 6.07) is 8.70. The Morgan fingerprint density at radius 3 is 2.53 bits per heavy atom. The first-order chi connectivity index (χ1) is 9.17. The smallest absolute Gasteiger partial charge is 0.0789 e. The predicted molar refractivity (Wildman–Crippen MR) is 78.0 cm³/mol. The van der Waals surface area contributed by atoms with Gasteiger partial charge in [-0.15, -0.1) is 0 Å². The van der Waals surface area contributed by atoms with E-state index in [1.807, 2.05) is 0 Å². The van der Waals surface area contributed by atoms with Crippen LogP contribution in [0.2, 0.25) is 0 Å². The molecule has 4 heteroatoms. The van der Waals surface area contributed by atoms with Gasteiger partial charge in [-0.05, 0) is 12.5 Å². The number of nitrogens with zero attached hydrogens (tertiary/aromatic N) is 2. The monoisotopic (exact) mass is 263 g/mol. The number of aliphatic hydroxyl groups excluding tert-OH is 1. The van der Waals surface area contributed by atoms with Crippen LogP contribution in [0.5, 0.6) is 0 Å². The molecule has 1 unspecified atom stereocenters. The van der Waals surface area contributed by atoms with Crippen LogP contribution in [-0.2, 0) is 6.54 Å². The Bertz CT molecular complexity index is 389. The predicted octanol–water partition coefficient (Wildman–Crippen LogP) is 0.432. The maximum absolute atomic E-state index is 9.56. The van der Waals surface area contributed by atoms with Crippen molar-refractivity contribution < 1.29 is 5.11 Å². The van der Waals surface area contributed by atoms with Gasteiger partial charge in [0, 0.05) is 45.8 Å². The zero-order valence-electron chi connectivity index (χ0n) is 11.8. The Kier molecular flexibility index (Phi) is 5.34. The molecule has 2 rings (SSSR count). The third-order valence-corrected chi connectivity index (χ3v) is 3.69. The van der Waals surface area contributed by atoms with Gasteiger partial charge >= 0.3 is 0 Å². The molecule has 3 N–H and O–H groups in total. The van der Waals surface area contributed by atoms with Gasteiger partial charge in [-0.25, -0.2) is 0 Å². The molecule has 1 aromatic carbocycles. The molecule has 1 fully saturated rings. The Labute approximate surface area is 115 Å². The van der Waals surface area contributed by atoms with Crippen LogP contribution in [0.25, 0.3) is 0 Å². The lowest BCUT2D eigenvalue weighted by atomic mass is 10.1. The van der Waals surface area contributed by atoms with Gasteiger partial charge in [-0.2, -0.15) is 0 Å². The number of piperazine rings is 1. The molecule has 1 atom stereocenters. The Morgan fingerprint density at radius 1 is 1.21 bits per heavy atom. The van der Waals surface area contributed by atoms with E-state index in [1.165, 1.54) is 11.1 Å². The van der Waals surface area contributed by atoms with E-state index in [2.05, 4.69) is 41.0 Å². The van der Waals surface area contributed by atoms with E-state index in [4.69, 9.17) is 5.73 Å². The van der Waals surface area contributed by atoms with Crippen molar-refractivity contribution in [3.8, 4) is 0 Å². The van der Waals surface area contributed by atoms with Crippen LogP contribution in [-0.4, -0.2) is 60.3 Å². The van der Waals surface area contributed by atoms with E-state index < -0.39 is 0 Å². The van der Waals surface area contributed by atoms with E-state index >= 15 is 0 Å². The third-order valence-electron chi connectivity index (χ3n) is 3.69. The molecule has 0 aliphatic carbocycles. The van der Waals surface area contributed by atoms with Gasteiger partial charge < -0.3 is 10.8 Å². The van der Waals surface area contributed by atoms with E-state index in [1.54, 1.807) is 0 Å². The van der Waals surface area contributed by atoms with Gasteiger partial charge in [0.1, 0.15) is 0 Å². The lowest BCUT2D eigenvalue weighted by molar-refractivity contribution is 0.0739. The van der Waals surface area contributed by atoms with Crippen LogP contribution < -0.4 is 5.73 Å². The second kappa shape index (κ2) is 7.01. The maximum atomic E-state index is 9.56. The topological polar surface area (TPSA) is 52.7 Å². The van der Waals surface area contributed by atoms with Crippen molar-refractivity contribution in [2.45, 2.75) is 19.6 Å². The molecule has 19 heavy (non-hydrogen) atoms. The molecule has 1 heterocycles. The number of benzene rings is 1. The van der Waals surface area contributed by atoms with E-state index in [0.29, 0.717) is 13.1 Å². The first kappa shape index (κ1) is 14.5. The van der Waals surface area contributed by atoms with Gasteiger partial charge in [0.25, 0.3) is 0 Å². The average molecular weight is 263 g/mol. The van der Waals surface area contributed by atoms with Crippen LogP contribution in [0.4, 0.5) is 0 Å². The van der Waals surface area contributed by atoms with Crippen LogP contribution in [0.3, 0.4) is 0 Å². The fourth-order valence-corrected chi connectivity index (χ4v) is 2.57. The van der Waals surface area contributed by atoms with E-state index in [-0.39, 0.29) is 6.10 Å². The van der Waals surface area contributed by atoms with Crippen molar-refractivity contribution in [3.63, 3.8) is 0 Å². The summed E-state index contributed by atoms with van der Waals surface area (Å²) in [7, 11) is 0. The SMILES string of the molecule is Cc1cccc(CN2CCN(CC(O)CN)CC2)c1. The molecule has 1 saturated heterocycles. The summed E-state index contributed by atoms with van der Waals surface area (Å²) in [5.74, 6) is 0. The van der Waals surface area contributed by atoms with Crippen molar-refractivity contribution in [2.75, 3.05) is 39.3 Å². The molecule has 0 spiro atoms. The number of aliphatic hydroxyl groups is 1. The van der Waals surface area contributed by atoms with Crippen LogP contribution in [0.1, 0.15) is 11.1 Å². The minimum absolute atomic E-state index is 0.351. The van der Waals surface area contributed by atoms with Crippen molar-refractivity contribution in [1.29, 1.82) is 0 Å². The molecule has 0 radical (unpaired) electrons. The summed E-state index contributed by atoms with van der Waals surface area (Å²) >= 11 is 0. The van der Waals surface area contributed by atoms with Crippen LogP contribution in [0.15, 0.2) is 24.3 Å². The summed E-state index contributed by atoms with van der Waals surface area (Å²) in [5.41, 5.74) is 8.15. The standard InChI is InChI=1S/C15H25N3O/c1-13-3-2-4-14(9-13)11-17-5-7-18(8-6-17)12-15(19)10-16/h2-4,9,15,19H,5-8,10-12,16H2,1H3. The van der Waals surface area contributed by atoms with E-state index in [0.717, 1.165) is 32.7 Å². The summed E-state index contributed by atoms with van der Waals surface area (Å²) in [5, 5.41) is 9.56. The molecule has 0 saturated carbocycles. The largest absolute Gasteiger partial charge is 0.390 e. The molecular weight excluding hydrogens is 238 g/mol. The first-order valence-electron chi connectivity index (χ1n) is 7.06. The summed E-state index contributed by atoms with van der Waals surface area (Å²) < 4.78 is 0. The second-order valence-corrected chi connectivity index (χ2v) is 5.46. The lowest BCUT2D eigenvalue weighted by Crippen LogP contribution is -2.49. The maximum Gasteiger partial charge on any atom is 0.0789 e. The van der Waals surface area contributed by atoms with Gasteiger partial charge in [0.2, 0.25) is 0 Å². The minimum Gasteiger partial charge on any atom is -0.390 e. The number of β-amino-alcohol motifs (C(OH)–C–C–N with tert-alkyl or cyclic N) is 1. The zero-order valence-corrected chi connectivity index (χ0v) is 11.8. The van der Waals surface area contributed by atoms with Gasteiger partial charge in [0.05, 0.1) is 6.10 Å². The molecule has 106 valence electrons. The lowest BCUT2D eigenvalue weighted by Gasteiger charge is -2.35. The third kappa shape index (κ3) is 4.58. The molecule has 0 amide bonds. The number of hydrogen-bond donors (Lipinski definition) is 2. The quantitative estimate of drug-likeness (QED) is 0.809. The highest BCUT2D eigenvalue weighted by Crippen LogP contribution is 2.10. The molecule has 1 aliphatic heterocycles. The molecule has 4 nitrogen and oxygen atoms in total. The molecule has 1 aromatic rings.